The molecule has 152 valence electrons. The van der Waals surface area contributed by atoms with E-state index in [-0.39, 0.29) is 25.3 Å². The third-order valence-electron chi connectivity index (χ3n) is 6.55. The molecule has 2 aromatic carbocycles. The zero-order chi connectivity index (χ0) is 20.6. The molecular weight excluding hydrogens is 358 g/mol. The Hall–Kier alpha value is -1.91. The summed E-state index contributed by atoms with van der Waals surface area (Å²) in [7, 11) is -0.365. The molecule has 4 nitrogen and oxygen atoms in total. The number of hydrogen-bond acceptors (Lipinski definition) is 4. The summed E-state index contributed by atoms with van der Waals surface area (Å²) in [5.74, 6) is 0. The number of allylic oxidation sites excluding steroid dienone is 1. The number of unbranched alkanes of at least 4 members (excludes halogenated alkanes) is 3. The molecule has 0 unspecified atom stereocenters. The molecule has 0 aliphatic carbocycles. The second-order valence-corrected chi connectivity index (χ2v) is 9.22. The molecule has 2 aromatic rings. The minimum Gasteiger partial charge on any atom is -0.406 e. The number of anilines is 2. The van der Waals surface area contributed by atoms with E-state index in [0.717, 1.165) is 23.2 Å². The van der Waals surface area contributed by atoms with Crippen molar-refractivity contribution in [2.75, 3.05) is 10.5 Å². The van der Waals surface area contributed by atoms with Gasteiger partial charge in [-0.1, -0.05) is 50.1 Å². The van der Waals surface area contributed by atoms with Gasteiger partial charge in [-0.3, -0.25) is 0 Å². The van der Waals surface area contributed by atoms with Crippen molar-refractivity contribution in [3.8, 4) is 0 Å². The molecule has 0 radical (unpaired) electrons. The van der Waals surface area contributed by atoms with E-state index in [1.165, 1.54) is 30.0 Å². The highest BCUT2D eigenvalue weighted by Crippen LogP contribution is 2.41. The van der Waals surface area contributed by atoms with Crippen molar-refractivity contribution in [1.29, 1.82) is 0 Å². The maximum absolute atomic E-state index is 6.43. The highest BCUT2D eigenvalue weighted by Gasteiger charge is 2.54. The van der Waals surface area contributed by atoms with Crippen LogP contribution in [0.3, 0.4) is 0 Å². The van der Waals surface area contributed by atoms with Gasteiger partial charge < -0.3 is 19.8 Å². The Bertz CT molecular complexity index is 869. The minimum absolute atomic E-state index is 0.0631. The van der Waals surface area contributed by atoms with E-state index in [9.17, 15) is 0 Å². The second kappa shape index (κ2) is 7.73. The molecule has 2 aliphatic heterocycles. The Labute approximate surface area is 175 Å². The summed E-state index contributed by atoms with van der Waals surface area (Å²) in [5.41, 5.74) is 1.59. The Morgan fingerprint density at radius 1 is 0.931 bits per heavy atom. The van der Waals surface area contributed by atoms with Crippen LogP contribution in [0, 0.1) is 0 Å². The molecule has 0 saturated carbocycles. The van der Waals surface area contributed by atoms with E-state index >= 15 is 0 Å². The second-order valence-electron chi connectivity index (χ2n) is 9.22. The first kappa shape index (κ1) is 20.4. The largest absolute Gasteiger partial charge is 0.485 e. The van der Waals surface area contributed by atoms with Crippen molar-refractivity contribution in [2.24, 2.45) is 0 Å². The van der Waals surface area contributed by atoms with Gasteiger partial charge in [0.2, 0.25) is 0 Å². The van der Waals surface area contributed by atoms with E-state index in [1.54, 1.807) is 0 Å². The van der Waals surface area contributed by atoms with Gasteiger partial charge in [0.05, 0.1) is 11.2 Å². The van der Waals surface area contributed by atoms with Gasteiger partial charge >= 0.3 is 14.1 Å². The molecule has 6 heteroatoms. The maximum Gasteiger partial charge on any atom is 0.485 e. The molecule has 0 bridgehead atoms. The van der Waals surface area contributed by atoms with Gasteiger partial charge in [0.15, 0.2) is 0 Å². The Morgan fingerprint density at radius 3 is 2.07 bits per heavy atom. The lowest BCUT2D eigenvalue weighted by molar-refractivity contribution is 0.00578. The van der Waals surface area contributed by atoms with E-state index in [4.69, 9.17) is 9.31 Å². The van der Waals surface area contributed by atoms with Gasteiger partial charge in [0, 0.05) is 16.8 Å². The van der Waals surface area contributed by atoms with E-state index in [2.05, 4.69) is 87.5 Å². The Kier molecular flexibility index (Phi) is 5.43. The van der Waals surface area contributed by atoms with Gasteiger partial charge in [-0.05, 0) is 63.4 Å². The van der Waals surface area contributed by atoms with Crippen LogP contribution in [0.15, 0.2) is 47.8 Å². The normalized spacial score (nSPS) is 20.0. The van der Waals surface area contributed by atoms with E-state index in [0.29, 0.717) is 0 Å². The molecule has 4 rings (SSSR count). The number of nitrogens with one attached hydrogen (secondary N) is 2. The van der Waals surface area contributed by atoms with Crippen LogP contribution in [0.4, 0.5) is 11.4 Å². The smallest absolute Gasteiger partial charge is 0.406 e. The summed E-state index contributed by atoms with van der Waals surface area (Å²) >= 11 is 0. The Balaban J connectivity index is 1.66. The van der Waals surface area contributed by atoms with Crippen molar-refractivity contribution in [1.82, 2.24) is 0 Å². The van der Waals surface area contributed by atoms with Crippen molar-refractivity contribution >= 4 is 36.2 Å². The van der Waals surface area contributed by atoms with Crippen LogP contribution in [0.1, 0.15) is 60.3 Å². The lowest BCUT2D eigenvalue weighted by Crippen LogP contribution is -2.45. The lowest BCUT2D eigenvalue weighted by Gasteiger charge is -2.32. The first-order valence-electron chi connectivity index (χ1n) is 10.9. The minimum atomic E-state index is -0.365. The first-order valence-corrected chi connectivity index (χ1v) is 10.9. The first-order chi connectivity index (χ1) is 13.8. The zero-order valence-corrected chi connectivity index (χ0v) is 18.3. The summed E-state index contributed by atoms with van der Waals surface area (Å²) in [6.45, 7) is 10.6. The Morgan fingerprint density at radius 2 is 1.52 bits per heavy atom. The molecule has 1 saturated heterocycles. The molecule has 0 amide bonds. The van der Waals surface area contributed by atoms with Crippen molar-refractivity contribution in [3.63, 3.8) is 0 Å². The van der Waals surface area contributed by atoms with Crippen LogP contribution in [-0.4, -0.2) is 25.3 Å². The summed E-state index contributed by atoms with van der Waals surface area (Å²) in [5, 5.41) is 11.0. The van der Waals surface area contributed by atoms with Crippen LogP contribution in [0.2, 0.25) is 0 Å². The van der Waals surface area contributed by atoms with Crippen molar-refractivity contribution < 1.29 is 9.31 Å². The summed E-state index contributed by atoms with van der Waals surface area (Å²) in [4.78, 5) is 0. The average Bonchev–Trinajstić information content (AvgIpc) is 2.89. The van der Waals surface area contributed by atoms with Crippen LogP contribution >= 0.6 is 0 Å². The van der Waals surface area contributed by atoms with E-state index in [1.807, 2.05) is 0 Å². The molecular formula is C23H32B2N2O2. The fraction of sp³-hybridized carbons (Fsp3) is 0.478. The molecule has 2 heterocycles. The third kappa shape index (κ3) is 3.80. The maximum atomic E-state index is 6.43. The quantitative estimate of drug-likeness (QED) is 0.480. The van der Waals surface area contributed by atoms with Crippen LogP contribution in [-0.2, 0) is 9.31 Å². The molecule has 2 aliphatic rings. The van der Waals surface area contributed by atoms with Gasteiger partial charge in [-0.25, -0.2) is 0 Å². The molecule has 2 N–H and O–H groups in total. The highest BCUT2D eigenvalue weighted by atomic mass is 16.7. The predicted octanol–water partition coefficient (Wildman–Crippen LogP) is 5.84. The van der Waals surface area contributed by atoms with Crippen molar-refractivity contribution in [2.45, 2.75) is 71.5 Å². The fourth-order valence-electron chi connectivity index (χ4n) is 4.09. The lowest BCUT2D eigenvalue weighted by atomic mass is 9.50. The number of rotatable bonds is 6. The van der Waals surface area contributed by atoms with Crippen LogP contribution < -0.4 is 10.5 Å². The SMILES string of the molecule is CCCCC/C=C(/B1Nc2cccc3cccc(c23)N1)B1OC(C)(C)C(C)(C)O1. The topological polar surface area (TPSA) is 42.5 Å². The van der Waals surface area contributed by atoms with Gasteiger partial charge in [-0.15, -0.1) is 0 Å². The molecule has 29 heavy (non-hydrogen) atoms. The number of hydrogen-bond donors (Lipinski definition) is 2. The van der Waals surface area contributed by atoms with Gasteiger partial charge in [-0.2, -0.15) is 0 Å². The fourth-order valence-corrected chi connectivity index (χ4v) is 4.09. The van der Waals surface area contributed by atoms with Gasteiger partial charge in [0.25, 0.3) is 0 Å². The number of benzene rings is 2. The third-order valence-corrected chi connectivity index (χ3v) is 6.55. The summed E-state index contributed by atoms with van der Waals surface area (Å²) in [6, 6.07) is 12.8. The zero-order valence-electron chi connectivity index (χ0n) is 18.3. The molecule has 0 aromatic heterocycles. The van der Waals surface area contributed by atoms with Gasteiger partial charge in [0.1, 0.15) is 0 Å². The van der Waals surface area contributed by atoms with E-state index < -0.39 is 0 Å². The van der Waals surface area contributed by atoms with Crippen molar-refractivity contribution in [3.05, 3.63) is 47.8 Å². The molecule has 1 fully saturated rings. The molecule has 0 atom stereocenters. The highest BCUT2D eigenvalue weighted by molar-refractivity contribution is 6.88. The average molecular weight is 390 g/mol. The predicted molar refractivity (Wildman–Crippen MR) is 125 cm³/mol. The summed E-state index contributed by atoms with van der Waals surface area (Å²) < 4.78 is 12.9. The van der Waals surface area contributed by atoms with Crippen LogP contribution in [0.25, 0.3) is 10.8 Å². The monoisotopic (exact) mass is 390 g/mol. The van der Waals surface area contributed by atoms with Crippen LogP contribution in [0.5, 0.6) is 0 Å². The standard InChI is InChI=1S/C23H32B2N2O2/c1-6-7-8-9-16-20(25-28-22(2,3)23(4,5)29-25)24-26-18-14-10-12-17-13-11-15-19(27-24)21(17)18/h10-16,26-27H,6-9H2,1-5H3/b20-16-. The molecule has 0 spiro atoms. The summed E-state index contributed by atoms with van der Waals surface area (Å²) in [6.07, 6.45) is 6.98.